The Morgan fingerprint density at radius 3 is 2.94 bits per heavy atom. The Kier molecular flexibility index (Phi) is 2.36. The summed E-state index contributed by atoms with van der Waals surface area (Å²) in [6.07, 6.45) is 3.56. The van der Waals surface area contributed by atoms with E-state index in [4.69, 9.17) is 15.2 Å². The van der Waals surface area contributed by atoms with Crippen LogP contribution in [0.15, 0.2) is 24.4 Å². The summed E-state index contributed by atoms with van der Waals surface area (Å²) in [5.41, 5.74) is 7.77. The average Bonchev–Trinajstić information content (AvgIpc) is 2.94. The van der Waals surface area contributed by atoms with Gasteiger partial charge in [-0.1, -0.05) is 6.07 Å². The highest BCUT2D eigenvalue weighted by Crippen LogP contribution is 2.32. The van der Waals surface area contributed by atoms with Crippen molar-refractivity contribution in [2.75, 3.05) is 12.5 Å². The van der Waals surface area contributed by atoms with E-state index in [-0.39, 0.29) is 0 Å². The predicted octanol–water partition coefficient (Wildman–Crippen LogP) is 1.51. The first-order valence-electron chi connectivity index (χ1n) is 5.49. The molecule has 1 aliphatic rings. The van der Waals surface area contributed by atoms with Gasteiger partial charge >= 0.3 is 0 Å². The van der Waals surface area contributed by atoms with Gasteiger partial charge in [0, 0.05) is 5.69 Å². The maximum atomic E-state index is 5.52. The second-order valence-electron chi connectivity index (χ2n) is 3.98. The third kappa shape index (κ3) is 2.04. The van der Waals surface area contributed by atoms with E-state index in [9.17, 15) is 0 Å². The fourth-order valence-electron chi connectivity index (χ4n) is 1.88. The number of imidazole rings is 1. The lowest BCUT2D eigenvalue weighted by atomic mass is 10.1. The van der Waals surface area contributed by atoms with Crippen molar-refractivity contribution in [1.29, 1.82) is 0 Å². The number of aromatic amines is 1. The fraction of sp³-hybridized carbons (Fsp3) is 0.250. The smallest absolute Gasteiger partial charge is 0.231 e. The molecule has 5 heteroatoms. The van der Waals surface area contributed by atoms with Gasteiger partial charge in [-0.2, -0.15) is 0 Å². The van der Waals surface area contributed by atoms with Crippen molar-refractivity contribution in [3.05, 3.63) is 35.7 Å². The van der Waals surface area contributed by atoms with Gasteiger partial charge in [0.1, 0.15) is 0 Å². The number of nitrogens with zero attached hydrogens (tertiary/aromatic N) is 1. The minimum atomic E-state index is 0.315. The normalized spacial score (nSPS) is 12.9. The largest absolute Gasteiger partial charge is 0.454 e. The molecular weight excluding hydrogens is 218 g/mol. The van der Waals surface area contributed by atoms with E-state index >= 15 is 0 Å². The third-order valence-corrected chi connectivity index (χ3v) is 2.77. The van der Waals surface area contributed by atoms with Crippen LogP contribution in [0.5, 0.6) is 11.5 Å². The molecule has 3 N–H and O–H groups in total. The molecule has 0 fully saturated rings. The molecule has 1 aromatic carbocycles. The average molecular weight is 231 g/mol. The SMILES string of the molecule is Nc1ncc(CCc2ccc3c(c2)OCO3)[nH]1. The number of nitrogens with two attached hydrogens (primary N) is 1. The number of nitrogen functional groups attached to an aromatic ring is 1. The van der Waals surface area contributed by atoms with E-state index in [1.807, 2.05) is 18.2 Å². The Labute approximate surface area is 98.6 Å². The molecule has 0 saturated heterocycles. The van der Waals surface area contributed by atoms with Crippen molar-refractivity contribution in [3.63, 3.8) is 0 Å². The lowest BCUT2D eigenvalue weighted by Crippen LogP contribution is -1.93. The van der Waals surface area contributed by atoms with E-state index in [0.29, 0.717) is 12.7 Å². The van der Waals surface area contributed by atoms with Gasteiger partial charge in [-0.3, -0.25) is 0 Å². The number of ether oxygens (including phenoxy) is 2. The minimum Gasteiger partial charge on any atom is -0.454 e. The molecule has 3 rings (SSSR count). The van der Waals surface area contributed by atoms with Crippen molar-refractivity contribution in [2.24, 2.45) is 0 Å². The van der Waals surface area contributed by atoms with Crippen LogP contribution in [0.1, 0.15) is 11.3 Å². The van der Waals surface area contributed by atoms with Crippen LogP contribution >= 0.6 is 0 Å². The van der Waals surface area contributed by atoms with Crippen LogP contribution in [0.25, 0.3) is 0 Å². The fourth-order valence-corrected chi connectivity index (χ4v) is 1.88. The Morgan fingerprint density at radius 2 is 2.12 bits per heavy atom. The van der Waals surface area contributed by atoms with Crippen molar-refractivity contribution in [3.8, 4) is 11.5 Å². The Hall–Kier alpha value is -2.17. The summed E-state index contributed by atoms with van der Waals surface area (Å²) in [5, 5.41) is 0. The van der Waals surface area contributed by atoms with Crippen molar-refractivity contribution in [2.45, 2.75) is 12.8 Å². The van der Waals surface area contributed by atoms with Gasteiger partial charge in [0.25, 0.3) is 0 Å². The van der Waals surface area contributed by atoms with Crippen LogP contribution < -0.4 is 15.2 Å². The van der Waals surface area contributed by atoms with Crippen molar-refractivity contribution in [1.82, 2.24) is 9.97 Å². The molecule has 5 nitrogen and oxygen atoms in total. The number of aryl methyl sites for hydroxylation is 2. The highest BCUT2D eigenvalue weighted by Gasteiger charge is 2.13. The molecule has 0 aliphatic carbocycles. The number of hydrogen-bond acceptors (Lipinski definition) is 4. The number of H-pyrrole nitrogens is 1. The standard InChI is InChI=1S/C12H13N3O2/c13-12-14-6-9(15-12)3-1-8-2-4-10-11(5-8)17-7-16-10/h2,4-6H,1,3,7H2,(H3,13,14,15). The van der Waals surface area contributed by atoms with Gasteiger partial charge in [-0.05, 0) is 30.5 Å². The minimum absolute atomic E-state index is 0.315. The second-order valence-corrected chi connectivity index (χ2v) is 3.98. The summed E-state index contributed by atoms with van der Waals surface area (Å²) in [4.78, 5) is 6.97. The monoisotopic (exact) mass is 231 g/mol. The van der Waals surface area contributed by atoms with Crippen LogP contribution in [0.2, 0.25) is 0 Å². The number of aromatic nitrogens is 2. The highest BCUT2D eigenvalue weighted by atomic mass is 16.7. The summed E-state index contributed by atoms with van der Waals surface area (Å²) in [7, 11) is 0. The zero-order chi connectivity index (χ0) is 11.7. The molecule has 1 aromatic heterocycles. The maximum Gasteiger partial charge on any atom is 0.231 e. The molecule has 1 aliphatic heterocycles. The summed E-state index contributed by atoms with van der Waals surface area (Å²) in [6.45, 7) is 0.315. The first-order valence-corrected chi connectivity index (χ1v) is 5.49. The van der Waals surface area contributed by atoms with Gasteiger partial charge in [0.05, 0.1) is 6.20 Å². The number of benzene rings is 1. The second kappa shape index (κ2) is 4.01. The number of fused-ring (bicyclic) bond motifs is 1. The van der Waals surface area contributed by atoms with Crippen LogP contribution in [0, 0.1) is 0 Å². The first kappa shape index (κ1) is 10.0. The number of rotatable bonds is 3. The van der Waals surface area contributed by atoms with Gasteiger partial charge in [0.15, 0.2) is 17.4 Å². The molecule has 0 atom stereocenters. The van der Waals surface area contributed by atoms with Crippen LogP contribution in [0.4, 0.5) is 5.95 Å². The quantitative estimate of drug-likeness (QED) is 0.839. The number of hydrogen-bond donors (Lipinski definition) is 2. The summed E-state index contributed by atoms with van der Waals surface area (Å²) < 4.78 is 10.6. The van der Waals surface area contributed by atoms with Gasteiger partial charge in [-0.15, -0.1) is 0 Å². The van der Waals surface area contributed by atoms with E-state index < -0.39 is 0 Å². The van der Waals surface area contributed by atoms with Crippen molar-refractivity contribution < 1.29 is 9.47 Å². The molecule has 0 spiro atoms. The molecule has 88 valence electrons. The van der Waals surface area contributed by atoms with Gasteiger partial charge < -0.3 is 20.2 Å². The van der Waals surface area contributed by atoms with E-state index in [2.05, 4.69) is 9.97 Å². The van der Waals surface area contributed by atoms with Crippen LogP contribution in [-0.4, -0.2) is 16.8 Å². The van der Waals surface area contributed by atoms with Crippen LogP contribution in [0.3, 0.4) is 0 Å². The lowest BCUT2D eigenvalue weighted by molar-refractivity contribution is 0.174. The molecule has 0 amide bonds. The van der Waals surface area contributed by atoms with E-state index in [1.165, 1.54) is 5.56 Å². The first-order chi connectivity index (χ1) is 8.31. The zero-order valence-electron chi connectivity index (χ0n) is 9.27. The summed E-state index contributed by atoms with van der Waals surface area (Å²) in [5.74, 6) is 2.11. The van der Waals surface area contributed by atoms with Gasteiger partial charge in [-0.25, -0.2) is 4.98 Å². The highest BCUT2D eigenvalue weighted by molar-refractivity contribution is 5.44. The zero-order valence-corrected chi connectivity index (χ0v) is 9.27. The molecular formula is C12H13N3O2. The van der Waals surface area contributed by atoms with E-state index in [1.54, 1.807) is 6.20 Å². The molecule has 0 saturated carbocycles. The lowest BCUT2D eigenvalue weighted by Gasteiger charge is -2.01. The molecule has 0 radical (unpaired) electrons. The maximum absolute atomic E-state index is 5.52. The third-order valence-electron chi connectivity index (χ3n) is 2.77. The Morgan fingerprint density at radius 1 is 1.24 bits per heavy atom. The Bertz CT molecular complexity index is 536. The molecule has 0 unspecified atom stereocenters. The Balaban J connectivity index is 1.69. The van der Waals surface area contributed by atoms with Gasteiger partial charge in [0.2, 0.25) is 6.79 Å². The number of anilines is 1. The predicted molar refractivity (Wildman–Crippen MR) is 63.0 cm³/mol. The molecule has 0 bridgehead atoms. The summed E-state index contributed by atoms with van der Waals surface area (Å²) in [6, 6.07) is 6.01. The topological polar surface area (TPSA) is 73.2 Å². The van der Waals surface area contributed by atoms with Crippen LogP contribution in [-0.2, 0) is 12.8 Å². The van der Waals surface area contributed by atoms with Crippen molar-refractivity contribution >= 4 is 5.95 Å². The number of nitrogens with one attached hydrogen (secondary N) is 1. The molecule has 17 heavy (non-hydrogen) atoms. The molecule has 2 aromatic rings. The summed E-state index contributed by atoms with van der Waals surface area (Å²) >= 11 is 0. The molecule has 2 heterocycles. The van der Waals surface area contributed by atoms with E-state index in [0.717, 1.165) is 30.0 Å².